The van der Waals surface area contributed by atoms with Crippen molar-refractivity contribution in [3.05, 3.63) is 18.1 Å². The highest BCUT2D eigenvalue weighted by Crippen LogP contribution is 2.19. The first-order valence-electron chi connectivity index (χ1n) is 5.10. The lowest BCUT2D eigenvalue weighted by Crippen LogP contribution is -2.25. The first kappa shape index (κ1) is 12.4. The fraction of sp³-hybridized carbons (Fsp3) is 0.545. The van der Waals surface area contributed by atoms with Crippen molar-refractivity contribution in [3.8, 4) is 5.88 Å². The Morgan fingerprint density at radius 2 is 2.12 bits per heavy atom. The minimum absolute atomic E-state index is 0.249. The number of carbonyl (C=O) groups is 1. The molecule has 0 saturated carbocycles. The number of aromatic nitrogens is 2. The number of esters is 1. The molecule has 0 spiro atoms. The molecule has 0 N–H and O–H groups in total. The molecule has 0 atom stereocenters. The molecule has 0 saturated heterocycles. The highest BCUT2D eigenvalue weighted by molar-refractivity contribution is 5.91. The van der Waals surface area contributed by atoms with Gasteiger partial charge >= 0.3 is 5.97 Å². The fourth-order valence-electron chi connectivity index (χ4n) is 1.04. The van der Waals surface area contributed by atoms with Gasteiger partial charge < -0.3 is 9.47 Å². The Hall–Kier alpha value is -1.65. The number of nitrogens with zero attached hydrogens (tertiary/aromatic N) is 2. The lowest BCUT2D eigenvalue weighted by atomic mass is 10.2. The van der Waals surface area contributed by atoms with Crippen LogP contribution in [0.2, 0.25) is 0 Å². The smallest absolute Gasteiger partial charge is 0.345 e. The van der Waals surface area contributed by atoms with Crippen LogP contribution in [0.25, 0.3) is 0 Å². The first-order valence-corrected chi connectivity index (χ1v) is 5.10. The van der Waals surface area contributed by atoms with Gasteiger partial charge in [0.05, 0.1) is 6.61 Å². The Bertz CT molecular complexity index is 372. The molecule has 1 rings (SSSR count). The molecular formula is C11H16N2O3. The van der Waals surface area contributed by atoms with Gasteiger partial charge in [-0.3, -0.25) is 0 Å². The number of carbonyl (C=O) groups excluding carboxylic acids is 1. The van der Waals surface area contributed by atoms with Gasteiger partial charge in [-0.25, -0.2) is 14.8 Å². The topological polar surface area (TPSA) is 61.3 Å². The van der Waals surface area contributed by atoms with Crippen LogP contribution < -0.4 is 4.74 Å². The summed E-state index contributed by atoms with van der Waals surface area (Å²) in [5, 5.41) is 0. The zero-order valence-electron chi connectivity index (χ0n) is 9.98. The van der Waals surface area contributed by atoms with Gasteiger partial charge in [0.25, 0.3) is 0 Å². The van der Waals surface area contributed by atoms with Crippen molar-refractivity contribution in [2.75, 3.05) is 6.61 Å². The lowest BCUT2D eigenvalue weighted by Gasteiger charge is -2.21. The molecule has 88 valence electrons. The highest BCUT2D eigenvalue weighted by Gasteiger charge is 2.20. The van der Waals surface area contributed by atoms with E-state index in [0.717, 1.165) is 0 Å². The van der Waals surface area contributed by atoms with Crippen molar-refractivity contribution in [2.24, 2.45) is 0 Å². The van der Waals surface area contributed by atoms with E-state index in [2.05, 4.69) is 9.97 Å². The van der Waals surface area contributed by atoms with Gasteiger partial charge in [0, 0.05) is 6.20 Å². The minimum atomic E-state index is -0.470. The summed E-state index contributed by atoms with van der Waals surface area (Å²) in [5.74, 6) is -0.219. The van der Waals surface area contributed by atoms with Gasteiger partial charge in [-0.2, -0.15) is 0 Å². The van der Waals surface area contributed by atoms with Crippen LogP contribution in [-0.2, 0) is 4.74 Å². The molecule has 0 radical (unpaired) electrons. The average molecular weight is 224 g/mol. The van der Waals surface area contributed by atoms with E-state index in [1.165, 1.54) is 12.5 Å². The van der Waals surface area contributed by atoms with E-state index in [-0.39, 0.29) is 11.4 Å². The monoisotopic (exact) mass is 224 g/mol. The molecule has 0 unspecified atom stereocenters. The Morgan fingerprint density at radius 1 is 1.44 bits per heavy atom. The second-order valence-corrected chi connectivity index (χ2v) is 4.18. The largest absolute Gasteiger partial charge is 0.471 e. The van der Waals surface area contributed by atoms with E-state index >= 15 is 0 Å². The summed E-state index contributed by atoms with van der Waals surface area (Å²) in [4.78, 5) is 19.3. The second-order valence-electron chi connectivity index (χ2n) is 4.18. The van der Waals surface area contributed by atoms with Gasteiger partial charge in [-0.1, -0.05) is 0 Å². The van der Waals surface area contributed by atoms with Crippen molar-refractivity contribution in [3.63, 3.8) is 0 Å². The Kier molecular flexibility index (Phi) is 3.82. The molecule has 0 aliphatic heterocycles. The quantitative estimate of drug-likeness (QED) is 0.733. The Balaban J connectivity index is 2.96. The van der Waals surface area contributed by atoms with Crippen molar-refractivity contribution < 1.29 is 14.3 Å². The van der Waals surface area contributed by atoms with E-state index in [9.17, 15) is 4.79 Å². The number of rotatable bonds is 3. The van der Waals surface area contributed by atoms with E-state index in [4.69, 9.17) is 9.47 Å². The van der Waals surface area contributed by atoms with Crippen LogP contribution in [0.3, 0.4) is 0 Å². The van der Waals surface area contributed by atoms with Crippen LogP contribution >= 0.6 is 0 Å². The Labute approximate surface area is 94.8 Å². The second kappa shape index (κ2) is 4.92. The van der Waals surface area contributed by atoms with Crippen LogP contribution in [0.15, 0.2) is 12.5 Å². The molecule has 0 aliphatic carbocycles. The molecule has 16 heavy (non-hydrogen) atoms. The molecule has 5 heteroatoms. The summed E-state index contributed by atoms with van der Waals surface area (Å²) in [5.41, 5.74) is -0.172. The van der Waals surface area contributed by atoms with Crippen molar-refractivity contribution >= 4 is 5.97 Å². The maximum Gasteiger partial charge on any atom is 0.345 e. The zero-order valence-corrected chi connectivity index (χ0v) is 9.98. The number of hydrogen-bond donors (Lipinski definition) is 0. The molecule has 0 bridgehead atoms. The average Bonchev–Trinajstić information content (AvgIpc) is 2.16. The van der Waals surface area contributed by atoms with Crippen molar-refractivity contribution in [1.29, 1.82) is 0 Å². The molecule has 0 fully saturated rings. The molecule has 1 aromatic heterocycles. The summed E-state index contributed by atoms with van der Waals surface area (Å²) in [6.07, 6.45) is 2.73. The standard InChI is InChI=1S/C11H16N2O3/c1-5-15-10(14)8-6-12-7-13-9(8)16-11(2,3)4/h6-7H,5H2,1-4H3. The van der Waals surface area contributed by atoms with Crippen LogP contribution in [-0.4, -0.2) is 28.1 Å². The highest BCUT2D eigenvalue weighted by atomic mass is 16.5. The zero-order chi connectivity index (χ0) is 12.2. The summed E-state index contributed by atoms with van der Waals surface area (Å²) >= 11 is 0. The van der Waals surface area contributed by atoms with Crippen LogP contribution in [0, 0.1) is 0 Å². The van der Waals surface area contributed by atoms with Crippen molar-refractivity contribution in [1.82, 2.24) is 9.97 Å². The predicted molar refractivity (Wildman–Crippen MR) is 58.4 cm³/mol. The maximum absolute atomic E-state index is 11.6. The fourth-order valence-corrected chi connectivity index (χ4v) is 1.04. The third-order valence-corrected chi connectivity index (χ3v) is 1.57. The third-order valence-electron chi connectivity index (χ3n) is 1.57. The van der Waals surface area contributed by atoms with Crippen LogP contribution in [0.4, 0.5) is 0 Å². The molecule has 0 aromatic carbocycles. The van der Waals surface area contributed by atoms with Crippen molar-refractivity contribution in [2.45, 2.75) is 33.3 Å². The Morgan fingerprint density at radius 3 is 2.69 bits per heavy atom. The van der Waals surface area contributed by atoms with Gasteiger partial charge in [0.15, 0.2) is 0 Å². The predicted octanol–water partition coefficient (Wildman–Crippen LogP) is 1.83. The normalized spacial score (nSPS) is 11.0. The van der Waals surface area contributed by atoms with Gasteiger partial charge in [0.1, 0.15) is 17.5 Å². The first-order chi connectivity index (χ1) is 7.44. The molecule has 5 nitrogen and oxygen atoms in total. The summed E-state index contributed by atoms with van der Waals surface area (Å²) < 4.78 is 10.4. The third kappa shape index (κ3) is 3.49. The van der Waals surface area contributed by atoms with Crippen LogP contribution in [0.5, 0.6) is 5.88 Å². The van der Waals surface area contributed by atoms with Gasteiger partial charge in [-0.15, -0.1) is 0 Å². The minimum Gasteiger partial charge on any atom is -0.471 e. The summed E-state index contributed by atoms with van der Waals surface area (Å²) in [6, 6.07) is 0. The summed E-state index contributed by atoms with van der Waals surface area (Å²) in [6.45, 7) is 7.69. The SMILES string of the molecule is CCOC(=O)c1cncnc1OC(C)(C)C. The molecule has 0 aliphatic rings. The molecule has 1 heterocycles. The van der Waals surface area contributed by atoms with Gasteiger partial charge in [-0.05, 0) is 27.7 Å². The van der Waals surface area contributed by atoms with Crippen LogP contribution in [0.1, 0.15) is 38.1 Å². The van der Waals surface area contributed by atoms with E-state index < -0.39 is 11.6 Å². The van der Waals surface area contributed by atoms with E-state index in [1.807, 2.05) is 20.8 Å². The molecule has 0 amide bonds. The number of ether oxygens (including phenoxy) is 2. The van der Waals surface area contributed by atoms with E-state index in [1.54, 1.807) is 6.92 Å². The van der Waals surface area contributed by atoms with E-state index in [0.29, 0.717) is 6.61 Å². The summed E-state index contributed by atoms with van der Waals surface area (Å²) in [7, 11) is 0. The maximum atomic E-state index is 11.6. The molecular weight excluding hydrogens is 208 g/mol. The lowest BCUT2D eigenvalue weighted by molar-refractivity contribution is 0.0509. The van der Waals surface area contributed by atoms with Gasteiger partial charge in [0.2, 0.25) is 5.88 Å². The molecule has 1 aromatic rings. The number of hydrogen-bond acceptors (Lipinski definition) is 5.